The van der Waals surface area contributed by atoms with Gasteiger partial charge in [0.1, 0.15) is 5.82 Å². The Labute approximate surface area is 98.7 Å². The molecule has 0 saturated carbocycles. The van der Waals surface area contributed by atoms with Crippen molar-refractivity contribution in [3.8, 4) is 11.1 Å². The molecule has 0 aliphatic rings. The highest BCUT2D eigenvalue weighted by Gasteiger charge is 2.12. The van der Waals surface area contributed by atoms with Crippen molar-refractivity contribution in [2.75, 3.05) is 0 Å². The van der Waals surface area contributed by atoms with Gasteiger partial charge in [0.2, 0.25) is 0 Å². The Hall–Kier alpha value is -2.70. The maximum absolute atomic E-state index is 13.4. The largest absolute Gasteiger partial charge is 0.478 e. The molecular formula is C11H7FN2O4. The van der Waals surface area contributed by atoms with E-state index in [0.717, 1.165) is 18.3 Å². The Morgan fingerprint density at radius 2 is 2.00 bits per heavy atom. The molecule has 1 aromatic heterocycles. The van der Waals surface area contributed by atoms with Gasteiger partial charge in [-0.05, 0) is 17.7 Å². The molecule has 3 N–H and O–H groups in total. The van der Waals surface area contributed by atoms with Gasteiger partial charge in [0.25, 0.3) is 5.56 Å². The quantitative estimate of drug-likeness (QED) is 0.724. The second-order valence-electron chi connectivity index (χ2n) is 3.49. The first-order valence-corrected chi connectivity index (χ1v) is 4.84. The van der Waals surface area contributed by atoms with Crippen LogP contribution >= 0.6 is 0 Å². The van der Waals surface area contributed by atoms with Crippen molar-refractivity contribution < 1.29 is 14.3 Å². The lowest BCUT2D eigenvalue weighted by Crippen LogP contribution is -2.22. The van der Waals surface area contributed by atoms with Crippen LogP contribution in [0.2, 0.25) is 0 Å². The molecule has 18 heavy (non-hydrogen) atoms. The van der Waals surface area contributed by atoms with Gasteiger partial charge in [-0.25, -0.2) is 14.0 Å². The number of aromatic amines is 2. The van der Waals surface area contributed by atoms with Gasteiger partial charge in [-0.2, -0.15) is 0 Å². The lowest BCUT2D eigenvalue weighted by atomic mass is 10.1. The Bertz CT molecular complexity index is 732. The van der Waals surface area contributed by atoms with Gasteiger partial charge in [-0.1, -0.05) is 6.07 Å². The fraction of sp³-hybridized carbons (Fsp3) is 0. The molecule has 0 unspecified atom stereocenters. The number of hydrogen-bond donors (Lipinski definition) is 3. The summed E-state index contributed by atoms with van der Waals surface area (Å²) < 4.78 is 13.4. The van der Waals surface area contributed by atoms with Gasteiger partial charge in [0, 0.05) is 6.20 Å². The monoisotopic (exact) mass is 250 g/mol. The number of aromatic carboxylic acids is 1. The zero-order valence-electron chi connectivity index (χ0n) is 8.86. The van der Waals surface area contributed by atoms with E-state index in [-0.39, 0.29) is 11.1 Å². The first kappa shape index (κ1) is 11.8. The molecule has 0 amide bonds. The molecule has 6 nitrogen and oxygen atoms in total. The molecule has 0 atom stereocenters. The normalized spacial score (nSPS) is 10.3. The van der Waals surface area contributed by atoms with Gasteiger partial charge in [0.15, 0.2) is 0 Å². The summed E-state index contributed by atoms with van der Waals surface area (Å²) >= 11 is 0. The van der Waals surface area contributed by atoms with Crippen LogP contribution in [0.4, 0.5) is 4.39 Å². The number of aromatic nitrogens is 2. The average Bonchev–Trinajstić information content (AvgIpc) is 2.28. The Morgan fingerprint density at radius 1 is 1.28 bits per heavy atom. The maximum atomic E-state index is 13.4. The Morgan fingerprint density at radius 3 is 2.56 bits per heavy atom. The second kappa shape index (κ2) is 4.28. The molecule has 7 heteroatoms. The highest BCUT2D eigenvalue weighted by Crippen LogP contribution is 2.18. The molecule has 1 heterocycles. The summed E-state index contributed by atoms with van der Waals surface area (Å²) in [5, 5.41) is 8.66. The number of carboxylic acid groups (broad SMARTS) is 1. The molecule has 0 saturated heterocycles. The van der Waals surface area contributed by atoms with Crippen LogP contribution in [-0.2, 0) is 0 Å². The van der Waals surface area contributed by atoms with Gasteiger partial charge >= 0.3 is 11.7 Å². The summed E-state index contributed by atoms with van der Waals surface area (Å²) in [6.07, 6.45) is 1.14. The average molecular weight is 250 g/mol. The van der Waals surface area contributed by atoms with E-state index >= 15 is 0 Å². The number of nitrogens with one attached hydrogen (secondary N) is 2. The summed E-state index contributed by atoms with van der Waals surface area (Å²) in [6, 6.07) is 3.26. The van der Waals surface area contributed by atoms with Crippen LogP contribution in [0.1, 0.15) is 10.4 Å². The highest BCUT2D eigenvalue weighted by molar-refractivity contribution is 5.88. The molecule has 0 aliphatic heterocycles. The van der Waals surface area contributed by atoms with Crippen LogP contribution in [0.3, 0.4) is 0 Å². The minimum atomic E-state index is -1.39. The van der Waals surface area contributed by atoms with Gasteiger partial charge in [-0.15, -0.1) is 0 Å². The van der Waals surface area contributed by atoms with Crippen molar-refractivity contribution >= 4 is 5.97 Å². The van der Waals surface area contributed by atoms with E-state index in [9.17, 15) is 18.8 Å². The summed E-state index contributed by atoms with van der Waals surface area (Å²) in [7, 11) is 0. The van der Waals surface area contributed by atoms with E-state index in [1.54, 1.807) is 0 Å². The smallest absolute Gasteiger partial charge is 0.338 e. The number of halogens is 1. The fourth-order valence-corrected chi connectivity index (χ4v) is 1.48. The van der Waals surface area contributed by atoms with E-state index in [1.165, 1.54) is 6.07 Å². The molecule has 0 bridgehead atoms. The van der Waals surface area contributed by atoms with Crippen LogP contribution in [0.25, 0.3) is 11.1 Å². The van der Waals surface area contributed by atoms with Crippen molar-refractivity contribution in [3.63, 3.8) is 0 Å². The van der Waals surface area contributed by atoms with Gasteiger partial charge in [-0.3, -0.25) is 9.78 Å². The number of H-pyrrole nitrogens is 2. The molecule has 0 aliphatic carbocycles. The zero-order chi connectivity index (χ0) is 13.3. The van der Waals surface area contributed by atoms with Crippen LogP contribution in [0.15, 0.2) is 34.0 Å². The first-order valence-electron chi connectivity index (χ1n) is 4.84. The third-order valence-electron chi connectivity index (χ3n) is 2.33. The van der Waals surface area contributed by atoms with E-state index in [2.05, 4.69) is 4.98 Å². The molecule has 1 aromatic carbocycles. The molecule has 0 fully saturated rings. The molecule has 0 radical (unpaired) electrons. The molecular weight excluding hydrogens is 243 g/mol. The predicted octanol–water partition coefficient (Wildman–Crippen LogP) is 0.568. The Kier molecular flexibility index (Phi) is 2.80. The van der Waals surface area contributed by atoms with E-state index < -0.39 is 28.6 Å². The van der Waals surface area contributed by atoms with Crippen molar-refractivity contribution in [1.82, 2.24) is 9.97 Å². The van der Waals surface area contributed by atoms with E-state index in [0.29, 0.717) is 0 Å². The molecule has 0 spiro atoms. The molecule has 2 rings (SSSR count). The third-order valence-corrected chi connectivity index (χ3v) is 2.33. The number of hydrogen-bond acceptors (Lipinski definition) is 3. The SMILES string of the molecule is O=C(O)c1ccc(-c2c[nH]c(=O)[nH]c2=O)cc1F. The maximum Gasteiger partial charge on any atom is 0.338 e. The van der Waals surface area contributed by atoms with E-state index in [4.69, 9.17) is 5.11 Å². The van der Waals surface area contributed by atoms with Gasteiger partial charge < -0.3 is 10.1 Å². The zero-order valence-corrected chi connectivity index (χ0v) is 8.86. The highest BCUT2D eigenvalue weighted by atomic mass is 19.1. The van der Waals surface area contributed by atoms with Crippen molar-refractivity contribution in [2.24, 2.45) is 0 Å². The molecule has 92 valence electrons. The topological polar surface area (TPSA) is 103 Å². The van der Waals surface area contributed by atoms with Gasteiger partial charge in [0.05, 0.1) is 11.1 Å². The van der Waals surface area contributed by atoms with Crippen LogP contribution in [0, 0.1) is 5.82 Å². The lowest BCUT2D eigenvalue weighted by Gasteiger charge is -2.02. The standard InChI is InChI=1S/C11H7FN2O4/c12-8-3-5(1-2-6(8)10(16)17)7-4-13-11(18)14-9(7)15/h1-4H,(H,16,17)(H2,13,14,15,18). The second-order valence-corrected chi connectivity index (χ2v) is 3.49. The lowest BCUT2D eigenvalue weighted by molar-refractivity contribution is 0.0692. The van der Waals surface area contributed by atoms with E-state index in [1.807, 2.05) is 4.98 Å². The summed E-state index contributed by atoms with van der Waals surface area (Å²) in [5.41, 5.74) is -1.62. The van der Waals surface area contributed by atoms with Crippen molar-refractivity contribution in [3.05, 3.63) is 56.6 Å². The number of carbonyl (C=O) groups is 1. The fourth-order valence-electron chi connectivity index (χ4n) is 1.48. The van der Waals surface area contributed by atoms with Crippen LogP contribution < -0.4 is 11.2 Å². The minimum Gasteiger partial charge on any atom is -0.478 e. The summed E-state index contributed by atoms with van der Waals surface area (Å²) in [5.74, 6) is -2.35. The summed E-state index contributed by atoms with van der Waals surface area (Å²) in [6.45, 7) is 0. The first-order chi connectivity index (χ1) is 8.49. The van der Waals surface area contributed by atoms with Crippen molar-refractivity contribution in [2.45, 2.75) is 0 Å². The van der Waals surface area contributed by atoms with Crippen molar-refractivity contribution in [1.29, 1.82) is 0 Å². The Balaban J connectivity index is 2.59. The van der Waals surface area contributed by atoms with Crippen LogP contribution in [-0.4, -0.2) is 21.0 Å². The predicted molar refractivity (Wildman–Crippen MR) is 60.0 cm³/mol. The number of rotatable bonds is 2. The molecule has 2 aromatic rings. The van der Waals surface area contributed by atoms with Crippen LogP contribution in [0.5, 0.6) is 0 Å². The number of carboxylic acids is 1. The third kappa shape index (κ3) is 2.05. The summed E-state index contributed by atoms with van der Waals surface area (Å²) in [4.78, 5) is 37.1. The number of benzene rings is 1. The minimum absolute atomic E-state index is 0.0467.